The molecule has 1 aromatic rings. The van der Waals surface area contributed by atoms with Gasteiger partial charge in [0.1, 0.15) is 17.4 Å². The van der Waals surface area contributed by atoms with Crippen LogP contribution in [-0.4, -0.2) is 90.3 Å². The van der Waals surface area contributed by atoms with Crippen LogP contribution in [0.25, 0.3) is 0 Å². The first-order valence-electron chi connectivity index (χ1n) is 12.4. The largest absolute Gasteiger partial charge is 0.497 e. The SMILES string of the molecule is COc1ccc(N2CC=C[C@]34O[C@]5(C)C=CCN(C)C(=O)[C@@H]5[C@H]3C(=O)N(CCCCO)C4C2=O)cc1. The fourth-order valence-electron chi connectivity index (χ4n) is 6.27. The van der Waals surface area contributed by atoms with Crippen molar-refractivity contribution in [3.05, 3.63) is 48.6 Å². The van der Waals surface area contributed by atoms with Crippen LogP contribution in [0.4, 0.5) is 5.69 Å². The van der Waals surface area contributed by atoms with Crippen molar-refractivity contribution in [2.24, 2.45) is 11.8 Å². The van der Waals surface area contributed by atoms with Gasteiger partial charge in [0.05, 0.1) is 24.5 Å². The highest BCUT2D eigenvalue weighted by molar-refractivity contribution is 6.06. The lowest BCUT2D eigenvalue weighted by atomic mass is 9.74. The summed E-state index contributed by atoms with van der Waals surface area (Å²) in [5.41, 5.74) is -1.60. The van der Waals surface area contributed by atoms with Crippen molar-refractivity contribution in [2.75, 3.05) is 45.3 Å². The highest BCUT2D eigenvalue weighted by Gasteiger charge is 2.74. The topological polar surface area (TPSA) is 99.6 Å². The zero-order chi connectivity index (χ0) is 25.7. The number of aliphatic hydroxyl groups excluding tert-OH is 1. The van der Waals surface area contributed by atoms with Crippen LogP contribution in [-0.2, 0) is 19.1 Å². The van der Waals surface area contributed by atoms with Crippen molar-refractivity contribution in [3.63, 3.8) is 0 Å². The molecular weight excluding hydrogens is 462 g/mol. The van der Waals surface area contributed by atoms with Crippen LogP contribution in [0.2, 0.25) is 0 Å². The van der Waals surface area contributed by atoms with E-state index < -0.39 is 29.1 Å². The smallest absolute Gasteiger partial charge is 0.253 e. The standard InChI is InChI=1S/C27H33N3O6/c1-26-12-6-14-28(2)23(32)20(26)21-24(33)30(15-4-5-17-31)22-25(34)29(16-7-13-27(21,22)36-26)18-8-10-19(35-3)11-9-18/h6-13,20-22,31H,4-5,14-17H2,1-3H3/t20-,21-,22?,26+,27-/m0/s1. The van der Waals surface area contributed by atoms with Crippen LogP contribution in [0.1, 0.15) is 19.8 Å². The molecule has 5 rings (SSSR count). The molecule has 9 nitrogen and oxygen atoms in total. The van der Waals surface area contributed by atoms with Gasteiger partial charge in [-0.05, 0) is 44.0 Å². The first-order valence-corrected chi connectivity index (χ1v) is 12.4. The Morgan fingerprint density at radius 2 is 1.72 bits per heavy atom. The van der Waals surface area contributed by atoms with E-state index in [0.29, 0.717) is 43.9 Å². The maximum Gasteiger partial charge on any atom is 0.253 e. The van der Waals surface area contributed by atoms with Crippen molar-refractivity contribution < 1.29 is 29.0 Å². The molecule has 3 amide bonds. The second-order valence-corrected chi connectivity index (χ2v) is 10.1. The number of aliphatic hydroxyl groups is 1. The molecule has 4 heterocycles. The minimum atomic E-state index is -1.27. The lowest BCUT2D eigenvalue weighted by Crippen LogP contribution is -2.56. The summed E-state index contributed by atoms with van der Waals surface area (Å²) in [6.07, 6.45) is 8.52. The Morgan fingerprint density at radius 3 is 2.42 bits per heavy atom. The second kappa shape index (κ2) is 9.05. The molecule has 1 N–H and O–H groups in total. The third kappa shape index (κ3) is 3.56. The zero-order valence-electron chi connectivity index (χ0n) is 20.9. The molecule has 1 unspecified atom stereocenters. The quantitative estimate of drug-likeness (QED) is 0.473. The minimum absolute atomic E-state index is 0.00162. The van der Waals surface area contributed by atoms with E-state index in [0.717, 1.165) is 0 Å². The molecule has 5 atom stereocenters. The van der Waals surface area contributed by atoms with Crippen molar-refractivity contribution in [2.45, 2.75) is 37.0 Å². The van der Waals surface area contributed by atoms with Crippen LogP contribution < -0.4 is 9.64 Å². The number of nitrogens with zero attached hydrogens (tertiary/aromatic N) is 3. The molecule has 4 aliphatic heterocycles. The summed E-state index contributed by atoms with van der Waals surface area (Å²) >= 11 is 0. The van der Waals surface area contributed by atoms with E-state index in [1.165, 1.54) is 0 Å². The molecule has 0 radical (unpaired) electrons. The maximum atomic E-state index is 14.2. The molecule has 1 aromatic carbocycles. The molecular formula is C27H33N3O6. The number of fused-ring (bicyclic) bond motifs is 2. The van der Waals surface area contributed by atoms with Gasteiger partial charge in [-0.15, -0.1) is 0 Å². The fraction of sp³-hybridized carbons (Fsp3) is 0.519. The molecule has 36 heavy (non-hydrogen) atoms. The highest BCUT2D eigenvalue weighted by Crippen LogP contribution is 2.57. The van der Waals surface area contributed by atoms with E-state index in [4.69, 9.17) is 9.47 Å². The Kier molecular flexibility index (Phi) is 6.16. The number of carbonyl (C=O) groups excluding carboxylic acids is 3. The Balaban J connectivity index is 1.60. The number of likely N-dealkylation sites (N-methyl/N-ethyl adjacent to an activating group) is 1. The van der Waals surface area contributed by atoms with E-state index in [1.54, 1.807) is 41.0 Å². The normalized spacial score (nSPS) is 33.4. The molecule has 0 bridgehead atoms. The lowest BCUT2D eigenvalue weighted by molar-refractivity contribution is -0.148. The Hall–Kier alpha value is -3.17. The number of ether oxygens (including phenoxy) is 2. The van der Waals surface area contributed by atoms with Gasteiger partial charge in [0.25, 0.3) is 5.91 Å². The first kappa shape index (κ1) is 24.5. The summed E-state index contributed by atoms with van der Waals surface area (Å²) < 4.78 is 12.0. The average Bonchev–Trinajstić information content (AvgIpc) is 3.14. The molecule has 0 saturated carbocycles. The van der Waals surface area contributed by atoms with E-state index in [-0.39, 0.29) is 24.3 Å². The Bertz CT molecular complexity index is 1120. The molecule has 192 valence electrons. The molecule has 2 fully saturated rings. The van der Waals surface area contributed by atoms with E-state index in [2.05, 4.69) is 0 Å². The van der Waals surface area contributed by atoms with Gasteiger partial charge < -0.3 is 29.3 Å². The number of unbranched alkanes of at least 4 members (excludes halogenated alkanes) is 1. The van der Waals surface area contributed by atoms with Crippen LogP contribution in [0.3, 0.4) is 0 Å². The number of carbonyl (C=O) groups is 3. The molecule has 9 heteroatoms. The van der Waals surface area contributed by atoms with Gasteiger partial charge in [0.2, 0.25) is 11.8 Å². The van der Waals surface area contributed by atoms with Gasteiger partial charge in [-0.1, -0.05) is 24.3 Å². The number of methoxy groups -OCH3 is 1. The highest BCUT2D eigenvalue weighted by atomic mass is 16.5. The number of anilines is 1. The van der Waals surface area contributed by atoms with E-state index in [9.17, 15) is 19.5 Å². The maximum absolute atomic E-state index is 14.2. The number of likely N-dealkylation sites (tertiary alicyclic amines) is 1. The summed E-state index contributed by atoms with van der Waals surface area (Å²) in [5.74, 6) is -1.56. The molecule has 0 aliphatic carbocycles. The molecule has 2 saturated heterocycles. The third-order valence-electron chi connectivity index (χ3n) is 7.95. The van der Waals surface area contributed by atoms with Gasteiger partial charge >= 0.3 is 0 Å². The number of hydrogen-bond acceptors (Lipinski definition) is 6. The van der Waals surface area contributed by atoms with Crippen LogP contribution in [0, 0.1) is 11.8 Å². The molecule has 1 spiro atoms. The third-order valence-corrected chi connectivity index (χ3v) is 7.95. The van der Waals surface area contributed by atoms with Gasteiger partial charge in [0.15, 0.2) is 0 Å². The minimum Gasteiger partial charge on any atom is -0.497 e. The van der Waals surface area contributed by atoms with Crippen molar-refractivity contribution in [3.8, 4) is 5.75 Å². The number of hydrogen-bond donors (Lipinski definition) is 1. The van der Waals surface area contributed by atoms with Crippen LogP contribution in [0.15, 0.2) is 48.6 Å². The van der Waals surface area contributed by atoms with E-state index in [1.807, 2.05) is 43.4 Å². The van der Waals surface area contributed by atoms with Gasteiger partial charge in [-0.2, -0.15) is 0 Å². The Morgan fingerprint density at radius 1 is 1.00 bits per heavy atom. The van der Waals surface area contributed by atoms with Crippen molar-refractivity contribution >= 4 is 23.4 Å². The zero-order valence-corrected chi connectivity index (χ0v) is 20.9. The van der Waals surface area contributed by atoms with Gasteiger partial charge in [-0.3, -0.25) is 14.4 Å². The van der Waals surface area contributed by atoms with Crippen LogP contribution >= 0.6 is 0 Å². The van der Waals surface area contributed by atoms with Crippen molar-refractivity contribution in [1.82, 2.24) is 9.80 Å². The molecule has 4 aliphatic rings. The van der Waals surface area contributed by atoms with Gasteiger partial charge in [0, 0.05) is 39.0 Å². The van der Waals surface area contributed by atoms with Crippen molar-refractivity contribution in [1.29, 1.82) is 0 Å². The van der Waals surface area contributed by atoms with E-state index >= 15 is 0 Å². The first-order chi connectivity index (χ1) is 17.3. The summed E-state index contributed by atoms with van der Waals surface area (Å²) in [6.45, 7) is 2.88. The predicted molar refractivity (Wildman–Crippen MR) is 132 cm³/mol. The number of rotatable bonds is 6. The summed E-state index contributed by atoms with van der Waals surface area (Å²) in [7, 11) is 3.30. The summed E-state index contributed by atoms with van der Waals surface area (Å²) in [4.78, 5) is 46.7. The fourth-order valence-corrected chi connectivity index (χ4v) is 6.27. The lowest BCUT2D eigenvalue weighted by Gasteiger charge is -2.37. The summed E-state index contributed by atoms with van der Waals surface area (Å²) in [6, 6.07) is 6.28. The Labute approximate surface area is 210 Å². The molecule has 0 aromatic heterocycles. The average molecular weight is 496 g/mol. The number of amides is 3. The van der Waals surface area contributed by atoms with Gasteiger partial charge in [-0.25, -0.2) is 0 Å². The number of benzene rings is 1. The van der Waals surface area contributed by atoms with Crippen LogP contribution in [0.5, 0.6) is 5.75 Å². The monoisotopic (exact) mass is 495 g/mol. The second-order valence-electron chi connectivity index (χ2n) is 10.1. The predicted octanol–water partition coefficient (Wildman–Crippen LogP) is 1.37. The summed E-state index contributed by atoms with van der Waals surface area (Å²) in [5, 5.41) is 9.33.